The van der Waals surface area contributed by atoms with E-state index in [1.54, 1.807) is 0 Å². The van der Waals surface area contributed by atoms with Crippen LogP contribution < -0.4 is 5.32 Å². The Morgan fingerprint density at radius 3 is 2.38 bits per heavy atom. The molecule has 1 unspecified atom stereocenters. The Bertz CT molecular complexity index is 130. The summed E-state index contributed by atoms with van der Waals surface area (Å²) in [6.07, 6.45) is 7.11. The van der Waals surface area contributed by atoms with Gasteiger partial charge in [0.15, 0.2) is 0 Å². The van der Waals surface area contributed by atoms with E-state index in [2.05, 4.69) is 26.2 Å². The Morgan fingerprint density at radius 2 is 1.92 bits per heavy atom. The van der Waals surface area contributed by atoms with E-state index >= 15 is 0 Å². The van der Waals surface area contributed by atoms with Crippen LogP contribution in [0.25, 0.3) is 0 Å². The van der Waals surface area contributed by atoms with E-state index in [1.807, 2.05) is 0 Å². The molecule has 1 atom stereocenters. The number of hydrogen-bond acceptors (Lipinski definition) is 2. The van der Waals surface area contributed by atoms with Crippen LogP contribution >= 0.6 is 0 Å². The molecule has 0 aromatic carbocycles. The zero-order valence-corrected chi connectivity index (χ0v) is 9.18. The number of ether oxygens (including phenoxy) is 1. The molecule has 0 aliphatic heterocycles. The summed E-state index contributed by atoms with van der Waals surface area (Å²) in [6, 6.07) is 0.733. The van der Waals surface area contributed by atoms with Crippen molar-refractivity contribution >= 4 is 0 Å². The van der Waals surface area contributed by atoms with Crippen molar-refractivity contribution in [1.82, 2.24) is 5.32 Å². The largest absolute Gasteiger partial charge is 0.375 e. The highest BCUT2D eigenvalue weighted by Gasteiger charge is 2.21. The number of rotatable bonds is 4. The van der Waals surface area contributed by atoms with Crippen molar-refractivity contribution in [3.63, 3.8) is 0 Å². The molecular weight excluding hydrogens is 162 g/mol. The predicted octanol–water partition coefficient (Wildman–Crippen LogP) is 2.33. The monoisotopic (exact) mass is 185 g/mol. The van der Waals surface area contributed by atoms with E-state index in [1.165, 1.54) is 25.7 Å². The third kappa shape index (κ3) is 3.65. The van der Waals surface area contributed by atoms with Gasteiger partial charge >= 0.3 is 0 Å². The van der Waals surface area contributed by atoms with Crippen molar-refractivity contribution < 1.29 is 4.74 Å². The van der Waals surface area contributed by atoms with Crippen LogP contribution in [-0.4, -0.2) is 25.3 Å². The third-order valence-corrected chi connectivity index (χ3v) is 3.08. The number of nitrogens with one attached hydrogen (secondary N) is 1. The average Bonchev–Trinajstić information content (AvgIpc) is 2.19. The molecule has 78 valence electrons. The van der Waals surface area contributed by atoms with Gasteiger partial charge in [0.25, 0.3) is 0 Å². The predicted molar refractivity (Wildman–Crippen MR) is 55.9 cm³/mol. The molecule has 2 nitrogen and oxygen atoms in total. The standard InChI is InChI=1S/C11H23NO/c1-4-9(2)13-11-7-5-10(12-3)6-8-11/h9-12H,4-8H2,1-3H3. The first-order valence-corrected chi connectivity index (χ1v) is 5.59. The van der Waals surface area contributed by atoms with Crippen LogP contribution in [0.5, 0.6) is 0 Å². The SMILES string of the molecule is CCC(C)OC1CCC(NC)CC1. The Balaban J connectivity index is 2.17. The first-order valence-electron chi connectivity index (χ1n) is 5.59. The summed E-state index contributed by atoms with van der Waals surface area (Å²) in [7, 11) is 2.06. The van der Waals surface area contributed by atoms with Crippen molar-refractivity contribution in [3.8, 4) is 0 Å². The van der Waals surface area contributed by atoms with Crippen LogP contribution in [0.1, 0.15) is 46.0 Å². The van der Waals surface area contributed by atoms with E-state index in [0.29, 0.717) is 12.2 Å². The topological polar surface area (TPSA) is 21.3 Å². The van der Waals surface area contributed by atoms with Gasteiger partial charge in [-0.3, -0.25) is 0 Å². The minimum Gasteiger partial charge on any atom is -0.375 e. The molecule has 1 fully saturated rings. The maximum atomic E-state index is 5.91. The van der Waals surface area contributed by atoms with Crippen LogP contribution in [0, 0.1) is 0 Å². The molecule has 13 heavy (non-hydrogen) atoms. The van der Waals surface area contributed by atoms with Gasteiger partial charge in [0.2, 0.25) is 0 Å². The highest BCUT2D eigenvalue weighted by molar-refractivity contribution is 4.76. The fraction of sp³-hybridized carbons (Fsp3) is 1.00. The van der Waals surface area contributed by atoms with Crippen LogP contribution in [0.4, 0.5) is 0 Å². The summed E-state index contributed by atoms with van der Waals surface area (Å²) in [5, 5.41) is 3.34. The fourth-order valence-electron chi connectivity index (χ4n) is 1.91. The molecule has 1 rings (SSSR count). The van der Waals surface area contributed by atoms with Crippen molar-refractivity contribution in [2.75, 3.05) is 7.05 Å². The summed E-state index contributed by atoms with van der Waals surface area (Å²) in [5.74, 6) is 0. The molecule has 0 amide bonds. The molecule has 2 heteroatoms. The zero-order chi connectivity index (χ0) is 9.68. The van der Waals surface area contributed by atoms with Crippen LogP contribution in [0.15, 0.2) is 0 Å². The van der Waals surface area contributed by atoms with E-state index in [-0.39, 0.29) is 0 Å². The summed E-state index contributed by atoms with van der Waals surface area (Å²) in [5.41, 5.74) is 0. The summed E-state index contributed by atoms with van der Waals surface area (Å²) in [4.78, 5) is 0. The Kier molecular flexibility index (Phi) is 4.74. The van der Waals surface area contributed by atoms with Crippen molar-refractivity contribution in [2.45, 2.75) is 64.2 Å². The minimum absolute atomic E-state index is 0.441. The van der Waals surface area contributed by atoms with Crippen LogP contribution in [-0.2, 0) is 4.74 Å². The van der Waals surface area contributed by atoms with Gasteiger partial charge < -0.3 is 10.1 Å². The van der Waals surface area contributed by atoms with Gasteiger partial charge in [-0.05, 0) is 46.1 Å². The lowest BCUT2D eigenvalue weighted by molar-refractivity contribution is -0.0256. The molecule has 0 radical (unpaired) electrons. The molecule has 1 aliphatic carbocycles. The Hall–Kier alpha value is -0.0800. The van der Waals surface area contributed by atoms with Gasteiger partial charge in [0.1, 0.15) is 0 Å². The van der Waals surface area contributed by atoms with Gasteiger partial charge in [-0.25, -0.2) is 0 Å². The first kappa shape index (κ1) is 11.0. The molecule has 1 N–H and O–H groups in total. The molecule has 0 bridgehead atoms. The second-order valence-electron chi connectivity index (χ2n) is 4.12. The first-order chi connectivity index (χ1) is 6.26. The second kappa shape index (κ2) is 5.61. The van der Waals surface area contributed by atoms with E-state index < -0.39 is 0 Å². The van der Waals surface area contributed by atoms with Gasteiger partial charge in [-0.15, -0.1) is 0 Å². The minimum atomic E-state index is 0.441. The molecule has 0 saturated heterocycles. The smallest absolute Gasteiger partial charge is 0.0580 e. The van der Waals surface area contributed by atoms with Crippen molar-refractivity contribution in [3.05, 3.63) is 0 Å². The van der Waals surface area contributed by atoms with E-state index in [9.17, 15) is 0 Å². The maximum absolute atomic E-state index is 5.91. The lowest BCUT2D eigenvalue weighted by Crippen LogP contribution is -2.34. The van der Waals surface area contributed by atoms with Crippen molar-refractivity contribution in [2.24, 2.45) is 0 Å². The van der Waals surface area contributed by atoms with Crippen LogP contribution in [0.2, 0.25) is 0 Å². The van der Waals surface area contributed by atoms with Gasteiger partial charge in [0.05, 0.1) is 12.2 Å². The number of hydrogen-bond donors (Lipinski definition) is 1. The third-order valence-electron chi connectivity index (χ3n) is 3.08. The Labute approximate surface area is 82.0 Å². The lowest BCUT2D eigenvalue weighted by atomic mass is 9.93. The molecule has 0 spiro atoms. The molecule has 1 saturated carbocycles. The highest BCUT2D eigenvalue weighted by atomic mass is 16.5. The molecule has 0 aromatic heterocycles. The fourth-order valence-corrected chi connectivity index (χ4v) is 1.91. The maximum Gasteiger partial charge on any atom is 0.0580 e. The van der Waals surface area contributed by atoms with E-state index in [4.69, 9.17) is 4.74 Å². The van der Waals surface area contributed by atoms with Gasteiger partial charge in [-0.1, -0.05) is 6.92 Å². The average molecular weight is 185 g/mol. The molecular formula is C11H23NO. The molecule has 0 heterocycles. The van der Waals surface area contributed by atoms with Gasteiger partial charge in [-0.2, -0.15) is 0 Å². The quantitative estimate of drug-likeness (QED) is 0.726. The Morgan fingerprint density at radius 1 is 1.31 bits per heavy atom. The summed E-state index contributed by atoms with van der Waals surface area (Å²) < 4.78 is 5.91. The summed E-state index contributed by atoms with van der Waals surface area (Å²) >= 11 is 0. The highest BCUT2D eigenvalue weighted by Crippen LogP contribution is 2.22. The van der Waals surface area contributed by atoms with Crippen LogP contribution in [0.3, 0.4) is 0 Å². The van der Waals surface area contributed by atoms with E-state index in [0.717, 1.165) is 12.5 Å². The summed E-state index contributed by atoms with van der Waals surface area (Å²) in [6.45, 7) is 4.36. The van der Waals surface area contributed by atoms with Gasteiger partial charge in [0, 0.05) is 6.04 Å². The zero-order valence-electron chi connectivity index (χ0n) is 9.18. The second-order valence-corrected chi connectivity index (χ2v) is 4.12. The molecule has 0 aromatic rings. The lowest BCUT2D eigenvalue weighted by Gasteiger charge is -2.30. The van der Waals surface area contributed by atoms with Crippen molar-refractivity contribution in [1.29, 1.82) is 0 Å². The molecule has 1 aliphatic rings. The normalized spacial score (nSPS) is 31.6.